The summed E-state index contributed by atoms with van der Waals surface area (Å²) in [5.41, 5.74) is 1.81. The SMILES string of the molecule is C[C@H]1CN(C(=O)CCc2cnn(C)c2)c2cccc(Cl)c2O1. The number of carbonyl (C=O) groups excluding carboxylic acids is 1. The molecule has 0 radical (unpaired) electrons. The molecule has 6 heteroatoms. The highest BCUT2D eigenvalue weighted by molar-refractivity contribution is 6.32. The fourth-order valence-electron chi connectivity index (χ4n) is 2.64. The van der Waals surface area contributed by atoms with Crippen molar-refractivity contribution in [3.8, 4) is 5.75 Å². The Bertz CT molecular complexity index is 698. The zero-order valence-corrected chi connectivity index (χ0v) is 13.4. The van der Waals surface area contributed by atoms with Gasteiger partial charge in [-0.15, -0.1) is 0 Å². The van der Waals surface area contributed by atoms with Crippen LogP contribution in [-0.2, 0) is 18.3 Å². The lowest BCUT2D eigenvalue weighted by molar-refractivity contribution is -0.119. The van der Waals surface area contributed by atoms with Gasteiger partial charge in [-0.1, -0.05) is 17.7 Å². The van der Waals surface area contributed by atoms with Crippen molar-refractivity contribution in [2.45, 2.75) is 25.9 Å². The van der Waals surface area contributed by atoms with E-state index in [0.29, 0.717) is 30.2 Å². The monoisotopic (exact) mass is 319 g/mol. The van der Waals surface area contributed by atoms with Crippen LogP contribution in [0.15, 0.2) is 30.6 Å². The Morgan fingerprint density at radius 1 is 1.50 bits per heavy atom. The Balaban J connectivity index is 1.77. The second-order valence-corrected chi connectivity index (χ2v) is 5.95. The van der Waals surface area contributed by atoms with Crippen LogP contribution in [0.1, 0.15) is 18.9 Å². The molecule has 0 N–H and O–H groups in total. The van der Waals surface area contributed by atoms with Crippen molar-refractivity contribution in [2.24, 2.45) is 7.05 Å². The number of aryl methyl sites for hydroxylation is 2. The van der Waals surface area contributed by atoms with Crippen LogP contribution < -0.4 is 9.64 Å². The van der Waals surface area contributed by atoms with Crippen LogP contribution in [0, 0.1) is 0 Å². The summed E-state index contributed by atoms with van der Waals surface area (Å²) < 4.78 is 7.51. The van der Waals surface area contributed by atoms with E-state index < -0.39 is 0 Å². The van der Waals surface area contributed by atoms with Gasteiger partial charge in [0.05, 0.1) is 23.5 Å². The molecule has 1 aromatic heterocycles. The van der Waals surface area contributed by atoms with E-state index >= 15 is 0 Å². The molecule has 5 nitrogen and oxygen atoms in total. The van der Waals surface area contributed by atoms with Gasteiger partial charge in [-0.25, -0.2) is 0 Å². The Hall–Kier alpha value is -2.01. The molecule has 0 spiro atoms. The molecule has 0 bridgehead atoms. The predicted octanol–water partition coefficient (Wildman–Crippen LogP) is 2.82. The van der Waals surface area contributed by atoms with Gasteiger partial charge >= 0.3 is 0 Å². The number of hydrogen-bond donors (Lipinski definition) is 0. The quantitative estimate of drug-likeness (QED) is 0.874. The molecule has 0 fully saturated rings. The predicted molar refractivity (Wildman–Crippen MR) is 85.4 cm³/mol. The summed E-state index contributed by atoms with van der Waals surface area (Å²) in [6.07, 6.45) is 4.76. The van der Waals surface area contributed by atoms with E-state index in [1.54, 1.807) is 21.8 Å². The fraction of sp³-hybridized carbons (Fsp3) is 0.375. The largest absolute Gasteiger partial charge is 0.485 e. The van der Waals surface area contributed by atoms with E-state index in [1.165, 1.54) is 0 Å². The molecule has 1 atom stereocenters. The number of halogens is 1. The van der Waals surface area contributed by atoms with Gasteiger partial charge < -0.3 is 9.64 Å². The van der Waals surface area contributed by atoms with Crippen LogP contribution in [0.25, 0.3) is 0 Å². The average molecular weight is 320 g/mol. The van der Waals surface area contributed by atoms with Crippen LogP contribution in [0.3, 0.4) is 0 Å². The number of benzene rings is 1. The summed E-state index contributed by atoms with van der Waals surface area (Å²) in [6.45, 7) is 2.48. The number of anilines is 1. The minimum Gasteiger partial charge on any atom is -0.485 e. The van der Waals surface area contributed by atoms with Crippen molar-refractivity contribution in [3.63, 3.8) is 0 Å². The van der Waals surface area contributed by atoms with Crippen molar-refractivity contribution < 1.29 is 9.53 Å². The first-order valence-corrected chi connectivity index (χ1v) is 7.65. The van der Waals surface area contributed by atoms with Crippen LogP contribution in [0.2, 0.25) is 5.02 Å². The van der Waals surface area contributed by atoms with Crippen molar-refractivity contribution in [1.29, 1.82) is 0 Å². The zero-order chi connectivity index (χ0) is 15.7. The first-order valence-electron chi connectivity index (χ1n) is 7.27. The van der Waals surface area contributed by atoms with Gasteiger partial charge in [0.2, 0.25) is 5.91 Å². The second-order valence-electron chi connectivity index (χ2n) is 5.54. The number of fused-ring (bicyclic) bond motifs is 1. The molecule has 1 aliphatic rings. The summed E-state index contributed by atoms with van der Waals surface area (Å²) >= 11 is 6.18. The average Bonchev–Trinajstić information content (AvgIpc) is 2.91. The standard InChI is InChI=1S/C16H18ClN3O2/c1-11-9-20(14-5-3-4-13(17)16(14)22-11)15(21)7-6-12-8-18-19(2)10-12/h3-5,8,10-11H,6-7,9H2,1-2H3/t11-/m0/s1. The topological polar surface area (TPSA) is 47.4 Å². The van der Waals surface area contributed by atoms with Crippen LogP contribution >= 0.6 is 11.6 Å². The van der Waals surface area contributed by atoms with E-state index in [9.17, 15) is 4.79 Å². The number of rotatable bonds is 3. The highest BCUT2D eigenvalue weighted by Crippen LogP contribution is 2.39. The maximum Gasteiger partial charge on any atom is 0.227 e. The third-order valence-electron chi connectivity index (χ3n) is 3.68. The van der Waals surface area contributed by atoms with Gasteiger partial charge in [0.1, 0.15) is 6.10 Å². The first-order chi connectivity index (χ1) is 10.5. The molecule has 2 heterocycles. The minimum atomic E-state index is -0.0743. The molecule has 1 amide bonds. The Kier molecular flexibility index (Phi) is 4.07. The summed E-state index contributed by atoms with van der Waals surface area (Å²) in [4.78, 5) is 14.4. The Labute approximate surface area is 134 Å². The van der Waals surface area contributed by atoms with Gasteiger partial charge in [0.25, 0.3) is 0 Å². The van der Waals surface area contributed by atoms with Gasteiger partial charge in [-0.2, -0.15) is 5.10 Å². The summed E-state index contributed by atoms with van der Waals surface area (Å²) in [6, 6.07) is 5.48. The molecular weight excluding hydrogens is 302 g/mol. The van der Waals surface area contributed by atoms with E-state index in [1.807, 2.05) is 32.3 Å². The summed E-state index contributed by atoms with van der Waals surface area (Å²) in [7, 11) is 1.87. The van der Waals surface area contributed by atoms with Gasteiger partial charge in [0.15, 0.2) is 5.75 Å². The Morgan fingerprint density at radius 3 is 3.05 bits per heavy atom. The molecule has 2 aromatic rings. The zero-order valence-electron chi connectivity index (χ0n) is 12.6. The number of nitrogens with zero attached hydrogens (tertiary/aromatic N) is 3. The number of carbonyl (C=O) groups is 1. The Morgan fingerprint density at radius 2 is 2.32 bits per heavy atom. The molecule has 1 aromatic carbocycles. The lowest BCUT2D eigenvalue weighted by Crippen LogP contribution is -2.42. The fourth-order valence-corrected chi connectivity index (χ4v) is 2.86. The molecule has 0 saturated heterocycles. The van der Waals surface area contributed by atoms with E-state index in [-0.39, 0.29) is 12.0 Å². The highest BCUT2D eigenvalue weighted by atomic mass is 35.5. The van der Waals surface area contributed by atoms with Crippen LogP contribution in [0.4, 0.5) is 5.69 Å². The van der Waals surface area contributed by atoms with Gasteiger partial charge in [-0.3, -0.25) is 9.48 Å². The second kappa shape index (κ2) is 6.01. The van der Waals surface area contributed by atoms with Crippen molar-refractivity contribution >= 4 is 23.2 Å². The lowest BCUT2D eigenvalue weighted by atomic mass is 10.1. The summed E-state index contributed by atoms with van der Waals surface area (Å²) in [5.74, 6) is 0.667. The first kappa shape index (κ1) is 14.9. The molecule has 3 rings (SSSR count). The van der Waals surface area contributed by atoms with E-state index in [4.69, 9.17) is 16.3 Å². The van der Waals surface area contributed by atoms with E-state index in [2.05, 4.69) is 5.10 Å². The van der Waals surface area contributed by atoms with Gasteiger partial charge in [-0.05, 0) is 31.0 Å². The van der Waals surface area contributed by atoms with Crippen LogP contribution in [-0.4, -0.2) is 28.3 Å². The minimum absolute atomic E-state index is 0.0718. The van der Waals surface area contributed by atoms with Crippen molar-refractivity contribution in [2.75, 3.05) is 11.4 Å². The normalized spacial score (nSPS) is 17.0. The molecular formula is C16H18ClN3O2. The lowest BCUT2D eigenvalue weighted by Gasteiger charge is -2.34. The highest BCUT2D eigenvalue weighted by Gasteiger charge is 2.28. The third-order valence-corrected chi connectivity index (χ3v) is 3.98. The smallest absolute Gasteiger partial charge is 0.227 e. The third kappa shape index (κ3) is 2.95. The molecule has 1 aliphatic heterocycles. The molecule has 22 heavy (non-hydrogen) atoms. The number of para-hydroxylation sites is 1. The maximum atomic E-state index is 12.6. The van der Waals surface area contributed by atoms with Gasteiger partial charge in [0, 0.05) is 19.7 Å². The number of hydrogen-bond acceptors (Lipinski definition) is 3. The number of amides is 1. The molecule has 0 aliphatic carbocycles. The van der Waals surface area contributed by atoms with E-state index in [0.717, 1.165) is 11.3 Å². The van der Waals surface area contributed by atoms with Crippen molar-refractivity contribution in [1.82, 2.24) is 9.78 Å². The molecule has 0 unspecified atom stereocenters. The molecule has 0 saturated carbocycles. The molecule has 116 valence electrons. The van der Waals surface area contributed by atoms with Crippen molar-refractivity contribution in [3.05, 3.63) is 41.2 Å². The number of ether oxygens (including phenoxy) is 1. The summed E-state index contributed by atoms with van der Waals surface area (Å²) in [5, 5.41) is 4.66. The maximum absolute atomic E-state index is 12.6. The van der Waals surface area contributed by atoms with Crippen LogP contribution in [0.5, 0.6) is 5.75 Å². The number of aromatic nitrogens is 2.